The van der Waals surface area contributed by atoms with E-state index in [0.29, 0.717) is 24.4 Å². The van der Waals surface area contributed by atoms with Crippen molar-refractivity contribution < 1.29 is 9.15 Å². The van der Waals surface area contributed by atoms with Crippen molar-refractivity contribution in [3.05, 3.63) is 24.0 Å². The highest BCUT2D eigenvalue weighted by Crippen LogP contribution is 2.18. The molecule has 4 heterocycles. The zero-order valence-corrected chi connectivity index (χ0v) is 14.4. The number of ether oxygens (including phenoxy) is 1. The van der Waals surface area contributed by atoms with E-state index in [0.717, 1.165) is 57.6 Å². The summed E-state index contributed by atoms with van der Waals surface area (Å²) < 4.78 is 10.8. The Balaban J connectivity index is 1.33. The van der Waals surface area contributed by atoms with E-state index < -0.39 is 0 Å². The molecule has 2 aliphatic rings. The molecule has 0 radical (unpaired) electrons. The number of likely N-dealkylation sites (tertiary alicyclic amines) is 1. The van der Waals surface area contributed by atoms with Gasteiger partial charge in [0.1, 0.15) is 5.82 Å². The van der Waals surface area contributed by atoms with Crippen LogP contribution >= 0.6 is 0 Å². The van der Waals surface area contributed by atoms with Crippen LogP contribution in [0.3, 0.4) is 0 Å². The number of hydrogen-bond acceptors (Lipinski definition) is 9. The highest BCUT2D eigenvalue weighted by atomic mass is 16.5. The van der Waals surface area contributed by atoms with E-state index in [1.54, 1.807) is 0 Å². The molecule has 0 aliphatic carbocycles. The minimum Gasteiger partial charge on any atom is -0.424 e. The van der Waals surface area contributed by atoms with Crippen molar-refractivity contribution in [1.29, 1.82) is 0 Å². The van der Waals surface area contributed by atoms with Crippen LogP contribution in [-0.2, 0) is 11.3 Å². The molecule has 0 saturated carbocycles. The summed E-state index contributed by atoms with van der Waals surface area (Å²) in [6.45, 7) is 7.57. The monoisotopic (exact) mass is 345 g/mol. The van der Waals surface area contributed by atoms with Gasteiger partial charge < -0.3 is 19.4 Å². The summed E-state index contributed by atoms with van der Waals surface area (Å²) in [7, 11) is 0. The maximum atomic E-state index is 5.46. The third-order valence-corrected chi connectivity index (χ3v) is 4.49. The van der Waals surface area contributed by atoms with Crippen LogP contribution in [0.4, 0.5) is 11.8 Å². The molecular formula is C16H23N7O2. The summed E-state index contributed by atoms with van der Waals surface area (Å²) in [5.74, 6) is 2.93. The maximum absolute atomic E-state index is 5.46. The topological polar surface area (TPSA) is 92.4 Å². The quantitative estimate of drug-likeness (QED) is 0.840. The molecule has 134 valence electrons. The van der Waals surface area contributed by atoms with Crippen molar-refractivity contribution in [2.24, 2.45) is 0 Å². The van der Waals surface area contributed by atoms with Crippen LogP contribution in [0.1, 0.15) is 18.2 Å². The van der Waals surface area contributed by atoms with Gasteiger partial charge in [-0.25, -0.2) is 4.98 Å². The maximum Gasteiger partial charge on any atom is 0.230 e. The largest absolute Gasteiger partial charge is 0.424 e. The number of anilines is 2. The van der Waals surface area contributed by atoms with Crippen LogP contribution in [0.25, 0.3) is 0 Å². The van der Waals surface area contributed by atoms with Crippen LogP contribution in [0.15, 0.2) is 16.7 Å². The lowest BCUT2D eigenvalue weighted by atomic mass is 10.2. The Kier molecular flexibility index (Phi) is 4.75. The summed E-state index contributed by atoms with van der Waals surface area (Å²) in [5.41, 5.74) is 0. The van der Waals surface area contributed by atoms with Gasteiger partial charge in [-0.3, -0.25) is 4.90 Å². The van der Waals surface area contributed by atoms with Crippen LogP contribution in [0, 0.1) is 6.92 Å². The van der Waals surface area contributed by atoms with Crippen LogP contribution < -0.4 is 10.2 Å². The first-order chi connectivity index (χ1) is 12.3. The second kappa shape index (κ2) is 7.32. The van der Waals surface area contributed by atoms with Crippen LogP contribution in [0.5, 0.6) is 0 Å². The lowest BCUT2D eigenvalue weighted by Crippen LogP contribution is -2.37. The lowest BCUT2D eigenvalue weighted by Gasteiger charge is -2.27. The normalized spacial score (nSPS) is 21.6. The molecule has 25 heavy (non-hydrogen) atoms. The molecule has 9 nitrogen and oxygen atoms in total. The van der Waals surface area contributed by atoms with Gasteiger partial charge in [0.15, 0.2) is 0 Å². The molecular weight excluding hydrogens is 322 g/mol. The van der Waals surface area contributed by atoms with Gasteiger partial charge in [0.05, 0.1) is 19.8 Å². The predicted molar refractivity (Wildman–Crippen MR) is 91.4 cm³/mol. The van der Waals surface area contributed by atoms with E-state index in [-0.39, 0.29) is 0 Å². The number of nitrogens with one attached hydrogen (secondary N) is 1. The van der Waals surface area contributed by atoms with Crippen molar-refractivity contribution in [3.63, 3.8) is 0 Å². The molecule has 0 aromatic carbocycles. The van der Waals surface area contributed by atoms with Gasteiger partial charge in [0.25, 0.3) is 0 Å². The molecule has 0 bridgehead atoms. The van der Waals surface area contributed by atoms with Gasteiger partial charge in [-0.05, 0) is 12.5 Å². The number of nitrogens with zero attached hydrogens (tertiary/aromatic N) is 6. The molecule has 2 fully saturated rings. The van der Waals surface area contributed by atoms with E-state index in [1.807, 2.05) is 19.2 Å². The van der Waals surface area contributed by atoms with Crippen molar-refractivity contribution >= 4 is 11.8 Å². The van der Waals surface area contributed by atoms with Crippen LogP contribution in [-0.4, -0.2) is 70.5 Å². The zero-order chi connectivity index (χ0) is 17.1. The van der Waals surface area contributed by atoms with Crippen molar-refractivity contribution in [2.75, 3.05) is 49.6 Å². The third kappa shape index (κ3) is 4.05. The Bertz CT molecular complexity index is 701. The summed E-state index contributed by atoms with van der Waals surface area (Å²) in [6.07, 6.45) is 2.87. The Labute approximate surface area is 146 Å². The average molecular weight is 345 g/mol. The zero-order valence-electron chi connectivity index (χ0n) is 14.4. The van der Waals surface area contributed by atoms with Gasteiger partial charge in [0.2, 0.25) is 17.7 Å². The average Bonchev–Trinajstić information content (AvgIpc) is 3.25. The van der Waals surface area contributed by atoms with E-state index in [1.165, 1.54) is 0 Å². The molecule has 4 rings (SSSR count). The SMILES string of the molecule is Cc1nnc(CN2CCC(Nc3ccnc(N4CCOCC4)n3)C2)o1. The fourth-order valence-corrected chi connectivity index (χ4v) is 3.24. The van der Waals surface area contributed by atoms with Gasteiger partial charge in [-0.15, -0.1) is 10.2 Å². The number of aromatic nitrogens is 4. The number of rotatable bonds is 5. The Morgan fingerprint density at radius 2 is 2.12 bits per heavy atom. The summed E-state index contributed by atoms with van der Waals surface area (Å²) >= 11 is 0. The predicted octanol–water partition coefficient (Wildman–Crippen LogP) is 0.691. The first-order valence-corrected chi connectivity index (χ1v) is 8.70. The summed E-state index contributed by atoms with van der Waals surface area (Å²) in [4.78, 5) is 13.5. The molecule has 2 aliphatic heterocycles. The number of morpholine rings is 1. The summed E-state index contributed by atoms with van der Waals surface area (Å²) in [5, 5.41) is 11.5. The first-order valence-electron chi connectivity index (χ1n) is 8.70. The lowest BCUT2D eigenvalue weighted by molar-refractivity contribution is 0.122. The molecule has 9 heteroatoms. The highest BCUT2D eigenvalue weighted by molar-refractivity contribution is 5.42. The van der Waals surface area contributed by atoms with Crippen molar-refractivity contribution in [3.8, 4) is 0 Å². The van der Waals surface area contributed by atoms with E-state index in [4.69, 9.17) is 9.15 Å². The van der Waals surface area contributed by atoms with Crippen molar-refractivity contribution in [1.82, 2.24) is 25.1 Å². The highest BCUT2D eigenvalue weighted by Gasteiger charge is 2.24. The molecule has 0 amide bonds. The Hall–Kier alpha value is -2.26. The van der Waals surface area contributed by atoms with Crippen LogP contribution in [0.2, 0.25) is 0 Å². The number of aryl methyl sites for hydroxylation is 1. The molecule has 2 aromatic heterocycles. The molecule has 1 unspecified atom stereocenters. The summed E-state index contributed by atoms with van der Waals surface area (Å²) in [6, 6.07) is 2.28. The second-order valence-corrected chi connectivity index (χ2v) is 6.42. The minimum atomic E-state index is 0.358. The van der Waals surface area contributed by atoms with Gasteiger partial charge >= 0.3 is 0 Å². The second-order valence-electron chi connectivity index (χ2n) is 6.42. The fraction of sp³-hybridized carbons (Fsp3) is 0.625. The van der Waals surface area contributed by atoms with Gasteiger partial charge in [-0.1, -0.05) is 0 Å². The minimum absolute atomic E-state index is 0.358. The van der Waals surface area contributed by atoms with E-state index in [9.17, 15) is 0 Å². The van der Waals surface area contributed by atoms with E-state index in [2.05, 4.69) is 35.3 Å². The molecule has 1 atom stereocenters. The molecule has 1 N–H and O–H groups in total. The molecule has 2 aromatic rings. The van der Waals surface area contributed by atoms with Crippen molar-refractivity contribution in [2.45, 2.75) is 25.9 Å². The Morgan fingerprint density at radius 1 is 1.24 bits per heavy atom. The van der Waals surface area contributed by atoms with E-state index >= 15 is 0 Å². The Morgan fingerprint density at radius 3 is 2.92 bits per heavy atom. The van der Waals surface area contributed by atoms with Gasteiger partial charge in [0, 0.05) is 45.3 Å². The fourth-order valence-electron chi connectivity index (χ4n) is 3.24. The smallest absolute Gasteiger partial charge is 0.230 e. The number of hydrogen-bond donors (Lipinski definition) is 1. The van der Waals surface area contributed by atoms with Gasteiger partial charge in [-0.2, -0.15) is 4.98 Å². The molecule has 0 spiro atoms. The first kappa shape index (κ1) is 16.2. The third-order valence-electron chi connectivity index (χ3n) is 4.49. The standard InChI is InChI=1S/C16H23N7O2/c1-12-20-21-15(25-12)11-22-5-3-13(10-22)18-14-2-4-17-16(19-14)23-6-8-24-9-7-23/h2,4,13H,3,5-11H2,1H3,(H,17,18,19). The molecule has 2 saturated heterocycles.